The quantitative estimate of drug-likeness (QED) is 0.348. The zero-order valence-electron chi connectivity index (χ0n) is 20.5. The number of aryl methyl sites for hydroxylation is 3. The molecule has 0 radical (unpaired) electrons. The van der Waals surface area contributed by atoms with Crippen molar-refractivity contribution >= 4 is 28.1 Å². The molecule has 0 aliphatic rings. The Kier molecular flexibility index (Phi) is 6.49. The van der Waals surface area contributed by atoms with Crippen LogP contribution in [0.15, 0.2) is 40.9 Å². The Morgan fingerprint density at radius 3 is 2.43 bits per heavy atom. The number of ether oxygens (including phenoxy) is 1. The van der Waals surface area contributed by atoms with Crippen molar-refractivity contribution in [3.8, 4) is 28.1 Å². The minimum Gasteiger partial charge on any atom is -0.496 e. The van der Waals surface area contributed by atoms with Crippen LogP contribution in [0.1, 0.15) is 42.6 Å². The van der Waals surface area contributed by atoms with Gasteiger partial charge in [0.1, 0.15) is 23.0 Å². The minimum atomic E-state index is 0.250. The van der Waals surface area contributed by atoms with Crippen molar-refractivity contribution in [1.29, 1.82) is 0 Å². The van der Waals surface area contributed by atoms with E-state index in [0.717, 1.165) is 67.3 Å². The molecule has 0 saturated heterocycles. The maximum Gasteiger partial charge on any atom is 0.373 e. The summed E-state index contributed by atoms with van der Waals surface area (Å²) in [5.74, 6) is 2.69. The highest BCUT2D eigenvalue weighted by Crippen LogP contribution is 2.41. The van der Waals surface area contributed by atoms with Crippen molar-refractivity contribution in [3.63, 3.8) is 0 Å². The van der Waals surface area contributed by atoms with Crippen LogP contribution in [0.2, 0.25) is 0 Å². The lowest BCUT2D eigenvalue weighted by Gasteiger charge is -2.11. The smallest absolute Gasteiger partial charge is 0.373 e. The van der Waals surface area contributed by atoms with Gasteiger partial charge in [0.2, 0.25) is 0 Å². The highest BCUT2D eigenvalue weighted by Gasteiger charge is 2.21. The Labute approximate surface area is 202 Å². The molecule has 178 valence electrons. The molecule has 0 amide bonds. The number of H-pyrrole nitrogens is 1. The first kappa shape index (κ1) is 23.9. The molecule has 3 aromatic heterocycles. The molecule has 35 heavy (non-hydrogen) atoms. The lowest BCUT2D eigenvalue weighted by Crippen LogP contribution is -1.95. The van der Waals surface area contributed by atoms with Gasteiger partial charge in [-0.2, -0.15) is 9.59 Å². The van der Waals surface area contributed by atoms with E-state index in [0.29, 0.717) is 5.92 Å². The molecule has 0 atom stereocenters. The van der Waals surface area contributed by atoms with E-state index >= 15 is 0 Å². The molecule has 8 heteroatoms. The van der Waals surface area contributed by atoms with Gasteiger partial charge in [-0.05, 0) is 50.5 Å². The second-order valence-corrected chi connectivity index (χ2v) is 8.63. The average Bonchev–Trinajstić information content (AvgIpc) is 3.36. The topological polar surface area (TPSA) is 111 Å². The molecule has 2 aromatic carbocycles. The van der Waals surface area contributed by atoms with Crippen molar-refractivity contribution in [1.82, 2.24) is 20.1 Å². The summed E-state index contributed by atoms with van der Waals surface area (Å²) in [6.45, 7) is 10.2. The Balaban J connectivity index is 0.000000917. The van der Waals surface area contributed by atoms with E-state index < -0.39 is 0 Å². The number of benzene rings is 2. The van der Waals surface area contributed by atoms with Crippen molar-refractivity contribution < 1.29 is 18.8 Å². The molecule has 1 N–H and O–H groups in total. The molecule has 0 saturated carbocycles. The van der Waals surface area contributed by atoms with Gasteiger partial charge in [-0.3, -0.25) is 0 Å². The summed E-state index contributed by atoms with van der Waals surface area (Å²) in [4.78, 5) is 29.3. The van der Waals surface area contributed by atoms with E-state index in [9.17, 15) is 0 Å². The minimum absolute atomic E-state index is 0.250. The highest BCUT2D eigenvalue weighted by atomic mass is 16.5. The standard InChI is InChI=1S/C26H26N4O2.CO2/c1-13(2)17-8-7-9-18(10-17)25-24-19-12-22(31-6)20(23-14(3)30-32-15(23)4)11-21(19)29-26(24)28-16(5)27-25;2-1-3/h7-13H,1-6H3,(H,27,28,29);. The number of hydrogen-bond acceptors (Lipinski definition) is 7. The van der Waals surface area contributed by atoms with Gasteiger partial charge in [-0.1, -0.05) is 37.2 Å². The van der Waals surface area contributed by atoms with Crippen LogP contribution >= 0.6 is 0 Å². The predicted molar refractivity (Wildman–Crippen MR) is 132 cm³/mol. The third kappa shape index (κ3) is 4.32. The third-order valence-electron chi connectivity index (χ3n) is 6.01. The van der Waals surface area contributed by atoms with Gasteiger partial charge in [0.05, 0.1) is 29.4 Å². The number of aromatic nitrogens is 4. The van der Waals surface area contributed by atoms with Gasteiger partial charge in [0.25, 0.3) is 0 Å². The van der Waals surface area contributed by atoms with Crippen LogP contribution in [0.5, 0.6) is 5.75 Å². The van der Waals surface area contributed by atoms with Crippen LogP contribution in [-0.2, 0) is 9.59 Å². The van der Waals surface area contributed by atoms with E-state index in [-0.39, 0.29) is 6.15 Å². The number of hydrogen-bond donors (Lipinski definition) is 1. The molecule has 0 aliphatic heterocycles. The third-order valence-corrected chi connectivity index (χ3v) is 6.01. The summed E-state index contributed by atoms with van der Waals surface area (Å²) in [6.07, 6.45) is 0.250. The van der Waals surface area contributed by atoms with E-state index in [1.54, 1.807) is 7.11 Å². The van der Waals surface area contributed by atoms with Gasteiger partial charge in [0.15, 0.2) is 0 Å². The number of rotatable bonds is 4. The zero-order chi connectivity index (χ0) is 25.3. The number of methoxy groups -OCH3 is 1. The van der Waals surface area contributed by atoms with Crippen molar-refractivity contribution in [3.05, 3.63) is 59.2 Å². The molecule has 0 fully saturated rings. The average molecular weight is 471 g/mol. The molecule has 0 aliphatic carbocycles. The number of fused-ring (bicyclic) bond motifs is 3. The molecule has 0 unspecified atom stereocenters. The van der Waals surface area contributed by atoms with Crippen molar-refractivity contribution in [2.45, 2.75) is 40.5 Å². The largest absolute Gasteiger partial charge is 0.496 e. The molecule has 5 aromatic rings. The van der Waals surface area contributed by atoms with Gasteiger partial charge < -0.3 is 14.2 Å². The van der Waals surface area contributed by atoms with Crippen LogP contribution in [0.4, 0.5) is 0 Å². The molecule has 3 heterocycles. The van der Waals surface area contributed by atoms with Crippen molar-refractivity contribution in [2.24, 2.45) is 0 Å². The number of nitrogens with zero attached hydrogens (tertiary/aromatic N) is 3. The second kappa shape index (κ2) is 9.52. The fraction of sp³-hybridized carbons (Fsp3) is 0.259. The van der Waals surface area contributed by atoms with E-state index in [1.807, 2.05) is 20.8 Å². The second-order valence-electron chi connectivity index (χ2n) is 8.63. The first-order valence-corrected chi connectivity index (χ1v) is 11.2. The van der Waals surface area contributed by atoms with E-state index in [4.69, 9.17) is 28.8 Å². The van der Waals surface area contributed by atoms with Crippen LogP contribution < -0.4 is 4.74 Å². The predicted octanol–water partition coefficient (Wildman–Crippen LogP) is 5.91. The van der Waals surface area contributed by atoms with Crippen molar-refractivity contribution in [2.75, 3.05) is 7.11 Å². The summed E-state index contributed by atoms with van der Waals surface area (Å²) in [5.41, 5.74) is 7.80. The summed E-state index contributed by atoms with van der Waals surface area (Å²) >= 11 is 0. The molecule has 0 bridgehead atoms. The van der Waals surface area contributed by atoms with Gasteiger partial charge in [-0.15, -0.1) is 0 Å². The van der Waals surface area contributed by atoms with E-state index in [1.165, 1.54) is 5.56 Å². The molecular weight excluding hydrogens is 444 g/mol. The molecule has 0 spiro atoms. The van der Waals surface area contributed by atoms with Gasteiger partial charge in [-0.25, -0.2) is 9.97 Å². The molecule has 8 nitrogen and oxygen atoms in total. The summed E-state index contributed by atoms with van der Waals surface area (Å²) in [6, 6.07) is 12.7. The maximum atomic E-state index is 8.12. The highest BCUT2D eigenvalue weighted by molar-refractivity contribution is 6.13. The lowest BCUT2D eigenvalue weighted by atomic mass is 9.97. The Morgan fingerprint density at radius 1 is 1.06 bits per heavy atom. The maximum absolute atomic E-state index is 8.12. The zero-order valence-corrected chi connectivity index (χ0v) is 20.5. The first-order valence-electron chi connectivity index (χ1n) is 11.2. The number of carbonyl (C=O) groups excluding carboxylic acids is 2. The number of nitrogens with one attached hydrogen (secondary N) is 1. The lowest BCUT2D eigenvalue weighted by molar-refractivity contribution is -0.191. The SMILES string of the molecule is COc1cc2c(cc1-c1c(C)noc1C)[nH]c1nc(C)nc(-c3cccc(C(C)C)c3)c12.O=C=O. The first-order chi connectivity index (χ1) is 16.8. The Morgan fingerprint density at radius 2 is 1.80 bits per heavy atom. The summed E-state index contributed by atoms with van der Waals surface area (Å²) in [7, 11) is 1.69. The van der Waals surface area contributed by atoms with Gasteiger partial charge >= 0.3 is 6.15 Å². The summed E-state index contributed by atoms with van der Waals surface area (Å²) in [5, 5.41) is 6.14. The van der Waals surface area contributed by atoms with Crippen LogP contribution in [0.25, 0.3) is 44.3 Å². The molecular formula is C27H26N4O4. The number of aromatic amines is 1. The van der Waals surface area contributed by atoms with Crippen LogP contribution in [0, 0.1) is 20.8 Å². The van der Waals surface area contributed by atoms with Crippen LogP contribution in [-0.4, -0.2) is 33.4 Å². The normalized spacial score (nSPS) is 10.9. The molecule has 5 rings (SSSR count). The Bertz CT molecular complexity index is 1550. The Hall–Kier alpha value is -4.29. The summed E-state index contributed by atoms with van der Waals surface area (Å²) < 4.78 is 11.2. The fourth-order valence-electron chi connectivity index (χ4n) is 4.42. The van der Waals surface area contributed by atoms with Crippen LogP contribution in [0.3, 0.4) is 0 Å². The van der Waals surface area contributed by atoms with Gasteiger partial charge in [0, 0.05) is 22.0 Å². The van der Waals surface area contributed by atoms with E-state index in [2.05, 4.69) is 60.4 Å². The fourth-order valence-corrected chi connectivity index (χ4v) is 4.42. The monoisotopic (exact) mass is 470 g/mol.